The van der Waals surface area contributed by atoms with E-state index in [0.29, 0.717) is 12.1 Å². The van der Waals surface area contributed by atoms with Gasteiger partial charge < -0.3 is 10.6 Å². The van der Waals surface area contributed by atoms with E-state index in [1.807, 2.05) is 25.9 Å². The molecular weight excluding hydrogens is 222 g/mol. The zero-order valence-corrected chi connectivity index (χ0v) is 10.6. The Bertz CT molecular complexity index is 362. The van der Waals surface area contributed by atoms with Crippen LogP contribution >= 0.6 is 0 Å². The highest BCUT2D eigenvalue weighted by molar-refractivity contribution is 5.23. The Kier molecular flexibility index (Phi) is 5.02. The van der Waals surface area contributed by atoms with Crippen LogP contribution in [0.5, 0.6) is 0 Å². The Labute approximate surface area is 101 Å². The highest BCUT2D eigenvalue weighted by Crippen LogP contribution is 2.30. The highest BCUT2D eigenvalue weighted by Gasteiger charge is 2.25. The molecule has 1 aromatic rings. The van der Waals surface area contributed by atoms with Crippen LogP contribution in [0, 0.1) is 17.6 Å². The zero-order valence-electron chi connectivity index (χ0n) is 10.6. The lowest BCUT2D eigenvalue weighted by atomic mass is 9.89. The van der Waals surface area contributed by atoms with E-state index >= 15 is 0 Å². The van der Waals surface area contributed by atoms with Crippen molar-refractivity contribution in [1.82, 2.24) is 4.90 Å². The van der Waals surface area contributed by atoms with Crippen LogP contribution < -0.4 is 5.73 Å². The van der Waals surface area contributed by atoms with Crippen LogP contribution in [-0.2, 0) is 0 Å². The minimum Gasteiger partial charge on any atom is -0.330 e. The topological polar surface area (TPSA) is 29.3 Å². The first-order chi connectivity index (χ1) is 8.01. The Morgan fingerprint density at radius 2 is 1.94 bits per heavy atom. The average Bonchev–Trinajstić information content (AvgIpc) is 2.29. The first-order valence-electron chi connectivity index (χ1n) is 5.82. The standard InChI is InChI=1S/C13H20F2N2/c1-4-9(8-16)13(17(2)3)11-7-10(14)5-6-12(11)15/h5-7,9,13H,4,8,16H2,1-3H3. The summed E-state index contributed by atoms with van der Waals surface area (Å²) in [4.78, 5) is 1.89. The molecule has 0 aliphatic rings. The molecule has 0 bridgehead atoms. The van der Waals surface area contributed by atoms with Crippen molar-refractivity contribution in [3.63, 3.8) is 0 Å². The van der Waals surface area contributed by atoms with Crippen LogP contribution in [0.3, 0.4) is 0 Å². The van der Waals surface area contributed by atoms with Gasteiger partial charge in [0, 0.05) is 11.6 Å². The molecule has 0 aliphatic carbocycles. The second-order valence-corrected chi connectivity index (χ2v) is 4.48. The number of rotatable bonds is 5. The van der Waals surface area contributed by atoms with Gasteiger partial charge >= 0.3 is 0 Å². The van der Waals surface area contributed by atoms with Gasteiger partial charge in [-0.05, 0) is 44.8 Å². The van der Waals surface area contributed by atoms with Crippen LogP contribution in [0.25, 0.3) is 0 Å². The van der Waals surface area contributed by atoms with E-state index < -0.39 is 5.82 Å². The third kappa shape index (κ3) is 3.23. The Morgan fingerprint density at radius 3 is 2.41 bits per heavy atom. The van der Waals surface area contributed by atoms with E-state index in [4.69, 9.17) is 5.73 Å². The molecule has 0 radical (unpaired) electrons. The third-order valence-corrected chi connectivity index (χ3v) is 3.11. The van der Waals surface area contributed by atoms with Crippen molar-refractivity contribution in [2.75, 3.05) is 20.6 Å². The van der Waals surface area contributed by atoms with E-state index in [2.05, 4.69) is 0 Å². The summed E-state index contributed by atoms with van der Waals surface area (Å²) < 4.78 is 27.0. The SMILES string of the molecule is CCC(CN)C(c1cc(F)ccc1F)N(C)C. The third-order valence-electron chi connectivity index (χ3n) is 3.11. The van der Waals surface area contributed by atoms with Gasteiger partial charge in [-0.1, -0.05) is 13.3 Å². The van der Waals surface area contributed by atoms with Gasteiger partial charge in [-0.25, -0.2) is 8.78 Å². The fourth-order valence-corrected chi connectivity index (χ4v) is 2.21. The molecule has 0 aromatic heterocycles. The van der Waals surface area contributed by atoms with Crippen molar-refractivity contribution in [2.24, 2.45) is 11.7 Å². The molecule has 0 aliphatic heterocycles. The number of nitrogens with zero attached hydrogens (tertiary/aromatic N) is 1. The number of nitrogens with two attached hydrogens (primary N) is 1. The maximum atomic E-state index is 13.8. The molecule has 2 nitrogen and oxygen atoms in total. The molecule has 1 rings (SSSR count). The molecule has 0 heterocycles. The Hall–Kier alpha value is -1.00. The maximum absolute atomic E-state index is 13.8. The van der Waals surface area contributed by atoms with Gasteiger partial charge in [0.2, 0.25) is 0 Å². The molecule has 1 aromatic carbocycles. The second-order valence-electron chi connectivity index (χ2n) is 4.48. The smallest absolute Gasteiger partial charge is 0.128 e. The van der Waals surface area contributed by atoms with Crippen molar-refractivity contribution in [1.29, 1.82) is 0 Å². The lowest BCUT2D eigenvalue weighted by molar-refractivity contribution is 0.205. The maximum Gasteiger partial charge on any atom is 0.128 e. The Balaban J connectivity index is 3.17. The molecule has 17 heavy (non-hydrogen) atoms. The average molecular weight is 242 g/mol. The van der Waals surface area contributed by atoms with Gasteiger partial charge in [0.15, 0.2) is 0 Å². The fourth-order valence-electron chi connectivity index (χ4n) is 2.21. The van der Waals surface area contributed by atoms with Crippen LogP contribution in [0.2, 0.25) is 0 Å². The normalized spacial score (nSPS) is 15.0. The molecule has 2 N–H and O–H groups in total. The van der Waals surface area contributed by atoms with E-state index in [0.717, 1.165) is 12.5 Å². The first-order valence-corrected chi connectivity index (χ1v) is 5.82. The summed E-state index contributed by atoms with van der Waals surface area (Å²) in [6.07, 6.45) is 0.829. The first kappa shape index (κ1) is 14.1. The van der Waals surface area contributed by atoms with Gasteiger partial charge in [0.05, 0.1) is 0 Å². The monoisotopic (exact) mass is 242 g/mol. The van der Waals surface area contributed by atoms with Crippen LogP contribution in [0.15, 0.2) is 18.2 Å². The molecule has 4 heteroatoms. The summed E-state index contributed by atoms with van der Waals surface area (Å²) in [6, 6.07) is 3.37. The number of benzene rings is 1. The number of hydrogen-bond donors (Lipinski definition) is 1. The molecule has 2 unspecified atom stereocenters. The van der Waals surface area contributed by atoms with E-state index in [-0.39, 0.29) is 17.8 Å². The summed E-state index contributed by atoms with van der Waals surface area (Å²) in [6.45, 7) is 2.46. The molecule has 0 amide bonds. The second kappa shape index (κ2) is 6.07. The lowest BCUT2D eigenvalue weighted by Crippen LogP contribution is -2.32. The highest BCUT2D eigenvalue weighted by atomic mass is 19.1. The van der Waals surface area contributed by atoms with Crippen molar-refractivity contribution < 1.29 is 8.78 Å². The van der Waals surface area contributed by atoms with Gasteiger partial charge in [0.25, 0.3) is 0 Å². The van der Waals surface area contributed by atoms with E-state index in [1.54, 1.807) is 0 Å². The molecule has 0 saturated carbocycles. The largest absolute Gasteiger partial charge is 0.330 e. The minimum atomic E-state index is -0.417. The predicted molar refractivity (Wildman–Crippen MR) is 65.6 cm³/mol. The number of hydrogen-bond acceptors (Lipinski definition) is 2. The van der Waals surface area contributed by atoms with Crippen LogP contribution in [0.1, 0.15) is 24.9 Å². The van der Waals surface area contributed by atoms with Gasteiger partial charge in [-0.15, -0.1) is 0 Å². The molecule has 0 saturated heterocycles. The van der Waals surface area contributed by atoms with Crippen molar-refractivity contribution in [3.8, 4) is 0 Å². The zero-order chi connectivity index (χ0) is 13.0. The quantitative estimate of drug-likeness (QED) is 0.859. The van der Waals surface area contributed by atoms with Crippen molar-refractivity contribution in [3.05, 3.63) is 35.4 Å². The Morgan fingerprint density at radius 1 is 1.29 bits per heavy atom. The molecule has 2 atom stereocenters. The lowest BCUT2D eigenvalue weighted by Gasteiger charge is -2.31. The van der Waals surface area contributed by atoms with E-state index in [1.165, 1.54) is 12.1 Å². The summed E-state index contributed by atoms with van der Waals surface area (Å²) in [7, 11) is 3.71. The van der Waals surface area contributed by atoms with Crippen LogP contribution in [0.4, 0.5) is 8.78 Å². The summed E-state index contributed by atoms with van der Waals surface area (Å²) >= 11 is 0. The molecule has 0 spiro atoms. The van der Waals surface area contributed by atoms with Crippen LogP contribution in [-0.4, -0.2) is 25.5 Å². The van der Waals surface area contributed by atoms with Crippen molar-refractivity contribution >= 4 is 0 Å². The minimum absolute atomic E-state index is 0.112. The molecule has 0 fully saturated rings. The van der Waals surface area contributed by atoms with Crippen molar-refractivity contribution in [2.45, 2.75) is 19.4 Å². The number of halogens is 2. The molecule has 96 valence electrons. The van der Waals surface area contributed by atoms with Gasteiger partial charge in [0.1, 0.15) is 11.6 Å². The van der Waals surface area contributed by atoms with Gasteiger partial charge in [-0.3, -0.25) is 0 Å². The summed E-state index contributed by atoms with van der Waals surface area (Å²) in [5.41, 5.74) is 6.09. The van der Waals surface area contributed by atoms with Gasteiger partial charge in [-0.2, -0.15) is 0 Å². The van der Waals surface area contributed by atoms with E-state index in [9.17, 15) is 8.78 Å². The molecular formula is C13H20F2N2. The fraction of sp³-hybridized carbons (Fsp3) is 0.538. The summed E-state index contributed by atoms with van der Waals surface area (Å²) in [5, 5.41) is 0. The summed E-state index contributed by atoms with van der Waals surface area (Å²) in [5.74, 6) is -0.682. The predicted octanol–water partition coefficient (Wildman–Crippen LogP) is 2.55.